The van der Waals surface area contributed by atoms with Gasteiger partial charge in [0, 0.05) is 33.4 Å². The van der Waals surface area contributed by atoms with Gasteiger partial charge in [0.15, 0.2) is 34.9 Å². The van der Waals surface area contributed by atoms with Crippen molar-refractivity contribution < 1.29 is 0 Å². The van der Waals surface area contributed by atoms with Crippen LogP contribution in [0.1, 0.15) is 0 Å². The lowest BCUT2D eigenvalue weighted by Gasteiger charge is -2.16. The molecule has 0 amide bonds. The van der Waals surface area contributed by atoms with E-state index in [1.807, 2.05) is 84.9 Å². The monoisotopic (exact) mass is 792 g/mol. The van der Waals surface area contributed by atoms with Crippen LogP contribution >= 0.6 is 0 Å². The Labute approximate surface area is 359 Å². The summed E-state index contributed by atoms with van der Waals surface area (Å²) >= 11 is 0. The van der Waals surface area contributed by atoms with Gasteiger partial charge in [0.1, 0.15) is 0 Å². The van der Waals surface area contributed by atoms with Gasteiger partial charge in [-0.25, -0.2) is 29.9 Å². The van der Waals surface area contributed by atoms with Crippen LogP contribution in [0.25, 0.3) is 112 Å². The van der Waals surface area contributed by atoms with Gasteiger partial charge >= 0.3 is 0 Å². The zero-order chi connectivity index (χ0) is 41.2. The van der Waals surface area contributed by atoms with Gasteiger partial charge < -0.3 is 0 Å². The quantitative estimate of drug-likeness (QED) is 0.152. The topological polar surface area (TPSA) is 77.3 Å². The van der Waals surface area contributed by atoms with Crippen LogP contribution in [0.2, 0.25) is 0 Å². The van der Waals surface area contributed by atoms with E-state index in [9.17, 15) is 0 Å². The summed E-state index contributed by atoms with van der Waals surface area (Å²) in [6, 6.07) is 74.7. The molecule has 9 aromatic carbocycles. The highest BCUT2D eigenvalue weighted by molar-refractivity contribution is 6.06. The third kappa shape index (κ3) is 6.85. The van der Waals surface area contributed by atoms with Crippen molar-refractivity contribution >= 4 is 21.5 Å². The Hall–Kier alpha value is -8.48. The molecule has 0 aliphatic rings. The summed E-state index contributed by atoms with van der Waals surface area (Å²) in [6.45, 7) is 0. The maximum Gasteiger partial charge on any atom is 0.164 e. The molecule has 6 nitrogen and oxygen atoms in total. The highest BCUT2D eigenvalue weighted by Crippen LogP contribution is 2.39. The maximum absolute atomic E-state index is 5.35. The third-order valence-corrected chi connectivity index (χ3v) is 11.2. The molecular weight excluding hydrogens is 757 g/mol. The Morgan fingerprint density at radius 1 is 0.161 bits per heavy atom. The van der Waals surface area contributed by atoms with Crippen molar-refractivity contribution in [3.05, 3.63) is 218 Å². The maximum atomic E-state index is 5.35. The fourth-order valence-electron chi connectivity index (χ4n) is 8.27. The van der Waals surface area contributed by atoms with Gasteiger partial charge in [-0.05, 0) is 62.0 Å². The van der Waals surface area contributed by atoms with Crippen LogP contribution in [-0.4, -0.2) is 29.9 Å². The van der Waals surface area contributed by atoms with E-state index in [4.69, 9.17) is 29.9 Å². The highest BCUT2D eigenvalue weighted by atomic mass is 15.0. The fraction of sp³-hybridized carbons (Fsp3) is 0. The lowest BCUT2D eigenvalue weighted by Crippen LogP contribution is -2.03. The summed E-state index contributed by atoms with van der Waals surface area (Å²) in [7, 11) is 0. The molecule has 0 saturated heterocycles. The Morgan fingerprint density at radius 2 is 0.419 bits per heavy atom. The summed E-state index contributed by atoms with van der Waals surface area (Å²) in [5, 5.41) is 4.13. The Bertz CT molecular complexity index is 3330. The van der Waals surface area contributed by atoms with Crippen molar-refractivity contribution in [2.24, 2.45) is 0 Å². The minimum Gasteiger partial charge on any atom is -0.208 e. The molecule has 62 heavy (non-hydrogen) atoms. The number of nitrogens with zero attached hydrogens (tertiary/aromatic N) is 6. The van der Waals surface area contributed by atoms with Crippen LogP contribution in [0.4, 0.5) is 0 Å². The van der Waals surface area contributed by atoms with E-state index in [1.54, 1.807) is 0 Å². The predicted molar refractivity (Wildman–Crippen MR) is 252 cm³/mol. The highest BCUT2D eigenvalue weighted by Gasteiger charge is 2.21. The minimum atomic E-state index is 0.567. The molecule has 6 heteroatoms. The third-order valence-electron chi connectivity index (χ3n) is 11.2. The molecular formula is C56H36N6. The molecule has 0 bridgehead atoms. The van der Waals surface area contributed by atoms with Gasteiger partial charge in [-0.1, -0.05) is 200 Å². The number of hydrogen-bond donors (Lipinski definition) is 0. The van der Waals surface area contributed by atoms with E-state index in [1.165, 1.54) is 0 Å². The molecule has 2 aromatic heterocycles. The van der Waals surface area contributed by atoms with E-state index in [2.05, 4.69) is 133 Å². The van der Waals surface area contributed by atoms with E-state index < -0.39 is 0 Å². The number of hydrogen-bond acceptors (Lipinski definition) is 6. The molecule has 11 rings (SSSR count). The normalized spacial score (nSPS) is 11.2. The van der Waals surface area contributed by atoms with E-state index in [-0.39, 0.29) is 0 Å². The first-order valence-corrected chi connectivity index (χ1v) is 20.6. The van der Waals surface area contributed by atoms with Crippen LogP contribution in [0.15, 0.2) is 218 Å². The fourth-order valence-corrected chi connectivity index (χ4v) is 8.27. The zero-order valence-electron chi connectivity index (χ0n) is 33.5. The van der Waals surface area contributed by atoms with Crippen molar-refractivity contribution in [2.45, 2.75) is 0 Å². The second kappa shape index (κ2) is 15.9. The van der Waals surface area contributed by atoms with Gasteiger partial charge in [-0.15, -0.1) is 0 Å². The molecule has 11 aromatic rings. The number of aromatic nitrogens is 6. The average molecular weight is 793 g/mol. The first kappa shape index (κ1) is 36.6. The van der Waals surface area contributed by atoms with E-state index >= 15 is 0 Å². The molecule has 0 aliphatic carbocycles. The van der Waals surface area contributed by atoms with Crippen molar-refractivity contribution in [2.75, 3.05) is 0 Å². The zero-order valence-corrected chi connectivity index (χ0v) is 33.5. The second-order valence-corrected chi connectivity index (χ2v) is 15.0. The summed E-state index contributed by atoms with van der Waals surface area (Å²) in [4.78, 5) is 31.1. The molecule has 2 heterocycles. The molecule has 0 aliphatic heterocycles. The molecule has 0 radical (unpaired) electrons. The summed E-state index contributed by atoms with van der Waals surface area (Å²) in [5.41, 5.74) is 9.86. The number of benzene rings is 9. The van der Waals surface area contributed by atoms with Crippen LogP contribution in [-0.2, 0) is 0 Å². The predicted octanol–water partition coefficient (Wildman–Crippen LogP) is 13.7. The SMILES string of the molecule is c1ccc(-c2nc(-c3ccccc3)nc(-c3ccc(-c4nc(-c5ccccc5-c5ccccc5)nc(-c5ccc(-c6ccccc6)c6ccccc56)n4)c4ccccc34)n2)cc1. The Balaban J connectivity index is 1.13. The molecule has 0 atom stereocenters. The molecule has 0 spiro atoms. The Kier molecular flexibility index (Phi) is 9.41. The molecule has 0 N–H and O–H groups in total. The van der Waals surface area contributed by atoms with Gasteiger partial charge in [-0.3, -0.25) is 0 Å². The number of rotatable bonds is 8. The summed E-state index contributed by atoms with van der Waals surface area (Å²) < 4.78 is 0. The number of fused-ring (bicyclic) bond motifs is 2. The van der Waals surface area contributed by atoms with E-state index in [0.717, 1.165) is 77.2 Å². The minimum absolute atomic E-state index is 0.567. The van der Waals surface area contributed by atoms with Gasteiger partial charge in [-0.2, -0.15) is 0 Å². The van der Waals surface area contributed by atoms with Crippen molar-refractivity contribution in [1.29, 1.82) is 0 Å². The van der Waals surface area contributed by atoms with Crippen molar-refractivity contribution in [3.8, 4) is 90.6 Å². The lowest BCUT2D eigenvalue weighted by molar-refractivity contribution is 1.07. The molecule has 0 fully saturated rings. The molecule has 0 unspecified atom stereocenters. The first-order chi connectivity index (χ1) is 30.7. The van der Waals surface area contributed by atoms with Gasteiger partial charge in [0.25, 0.3) is 0 Å². The van der Waals surface area contributed by atoms with E-state index in [0.29, 0.717) is 34.9 Å². The summed E-state index contributed by atoms with van der Waals surface area (Å²) in [5.74, 6) is 3.55. The molecule has 290 valence electrons. The summed E-state index contributed by atoms with van der Waals surface area (Å²) in [6.07, 6.45) is 0. The van der Waals surface area contributed by atoms with Crippen molar-refractivity contribution in [3.63, 3.8) is 0 Å². The lowest BCUT2D eigenvalue weighted by atomic mass is 9.94. The van der Waals surface area contributed by atoms with Gasteiger partial charge in [0.05, 0.1) is 0 Å². The van der Waals surface area contributed by atoms with Gasteiger partial charge in [0.2, 0.25) is 0 Å². The standard InChI is InChI=1S/C56H36N6/c1-5-19-37(20-6-1)41-27-13-18-32-47(41)53-60-55(48-34-33-42(38-21-7-2-8-22-38)43-28-14-15-29-44(43)48)62-56(61-53)50-36-35-49(45-30-16-17-31-46(45)50)54-58-51(39-23-9-3-10-24-39)57-52(59-54)40-25-11-4-12-26-40/h1-36H. The smallest absolute Gasteiger partial charge is 0.164 e. The first-order valence-electron chi connectivity index (χ1n) is 20.6. The largest absolute Gasteiger partial charge is 0.208 e. The van der Waals surface area contributed by atoms with Crippen LogP contribution in [0, 0.1) is 0 Å². The van der Waals surface area contributed by atoms with Crippen LogP contribution in [0.3, 0.4) is 0 Å². The second-order valence-electron chi connectivity index (χ2n) is 15.0. The van der Waals surface area contributed by atoms with Crippen molar-refractivity contribution in [1.82, 2.24) is 29.9 Å². The van der Waals surface area contributed by atoms with Crippen LogP contribution < -0.4 is 0 Å². The Morgan fingerprint density at radius 3 is 0.839 bits per heavy atom. The molecule has 0 saturated carbocycles. The van der Waals surface area contributed by atoms with Crippen LogP contribution in [0.5, 0.6) is 0 Å². The average Bonchev–Trinajstić information content (AvgIpc) is 3.36.